The van der Waals surface area contributed by atoms with Gasteiger partial charge in [-0.2, -0.15) is 0 Å². The smallest absolute Gasteiger partial charge is 0.143 e. The molecule has 13 rings (SSSR count). The Kier molecular flexibility index (Phi) is 9.17. The number of nitrogens with zero attached hydrogens (tertiary/aromatic N) is 1. The highest BCUT2D eigenvalue weighted by Gasteiger charge is 2.23. The lowest BCUT2D eigenvalue weighted by Gasteiger charge is -2.26. The van der Waals surface area contributed by atoms with Crippen LogP contribution in [-0.4, -0.2) is 0 Å². The summed E-state index contributed by atoms with van der Waals surface area (Å²) in [5.74, 6) is 0. The zero-order valence-corrected chi connectivity index (χ0v) is 36.4. The maximum atomic E-state index is 6.78. The second-order valence-electron chi connectivity index (χ2n) is 17.2. The fraction of sp³-hybridized carbons (Fsp3) is 0. The highest BCUT2D eigenvalue weighted by atomic mass is 16.3. The van der Waals surface area contributed by atoms with Gasteiger partial charge in [0.1, 0.15) is 22.3 Å². The highest BCUT2D eigenvalue weighted by Crippen LogP contribution is 2.49. The zero-order valence-electron chi connectivity index (χ0n) is 36.4. The summed E-state index contributed by atoms with van der Waals surface area (Å²) in [6.45, 7) is 0. The minimum Gasteiger partial charge on any atom is -0.455 e. The zero-order chi connectivity index (χ0) is 44.3. The van der Waals surface area contributed by atoms with Crippen LogP contribution in [0.5, 0.6) is 0 Å². The summed E-state index contributed by atoms with van der Waals surface area (Å²) in [6.07, 6.45) is 0. The van der Waals surface area contributed by atoms with Gasteiger partial charge in [0, 0.05) is 55.1 Å². The van der Waals surface area contributed by atoms with Crippen molar-refractivity contribution in [1.29, 1.82) is 0 Å². The van der Waals surface area contributed by atoms with E-state index < -0.39 is 0 Å². The number of fused-ring (bicyclic) bond motifs is 8. The number of hydrogen-bond donors (Lipinski definition) is 0. The summed E-state index contributed by atoms with van der Waals surface area (Å²) >= 11 is 0. The molecule has 0 fully saturated rings. The molecule has 0 aliphatic heterocycles. The molecule has 2 aromatic heterocycles. The summed E-state index contributed by atoms with van der Waals surface area (Å²) in [5.41, 5.74) is 18.3. The maximum Gasteiger partial charge on any atom is 0.143 e. The van der Waals surface area contributed by atoms with Crippen LogP contribution in [0.4, 0.5) is 17.1 Å². The van der Waals surface area contributed by atoms with E-state index in [4.69, 9.17) is 8.83 Å². The monoisotopic (exact) mass is 855 g/mol. The van der Waals surface area contributed by atoms with E-state index in [1.807, 2.05) is 12.1 Å². The van der Waals surface area contributed by atoms with Gasteiger partial charge >= 0.3 is 0 Å². The Morgan fingerprint density at radius 1 is 0.239 bits per heavy atom. The van der Waals surface area contributed by atoms with Gasteiger partial charge in [0.15, 0.2) is 0 Å². The van der Waals surface area contributed by atoms with Crippen LogP contribution in [0.15, 0.2) is 258 Å². The normalized spacial score (nSPS) is 11.6. The number of furan rings is 2. The number of rotatable bonds is 8. The molecule has 314 valence electrons. The summed E-state index contributed by atoms with van der Waals surface area (Å²) in [5, 5.41) is 6.72. The predicted octanol–water partition coefficient (Wildman–Crippen LogP) is 18.4. The molecular formula is C64H41NO2. The Morgan fingerprint density at radius 2 is 0.627 bits per heavy atom. The topological polar surface area (TPSA) is 29.5 Å². The second-order valence-corrected chi connectivity index (χ2v) is 17.2. The average Bonchev–Trinajstić information content (AvgIpc) is 3.99. The van der Waals surface area contributed by atoms with Crippen LogP contribution in [0.3, 0.4) is 0 Å². The third kappa shape index (κ3) is 6.59. The van der Waals surface area contributed by atoms with Gasteiger partial charge in [0.25, 0.3) is 0 Å². The third-order valence-corrected chi connectivity index (χ3v) is 13.3. The maximum absolute atomic E-state index is 6.78. The fourth-order valence-electron chi connectivity index (χ4n) is 10.1. The van der Waals surface area contributed by atoms with Crippen molar-refractivity contribution in [1.82, 2.24) is 0 Å². The van der Waals surface area contributed by atoms with E-state index in [-0.39, 0.29) is 0 Å². The van der Waals surface area contributed by atoms with Crippen LogP contribution in [0.1, 0.15) is 0 Å². The van der Waals surface area contributed by atoms with Crippen LogP contribution in [0.25, 0.3) is 110 Å². The molecule has 0 saturated heterocycles. The minimum absolute atomic E-state index is 0.877. The van der Waals surface area contributed by atoms with E-state index in [1.54, 1.807) is 0 Å². The lowest BCUT2D eigenvalue weighted by molar-refractivity contribution is 0.670. The van der Waals surface area contributed by atoms with Gasteiger partial charge in [-0.1, -0.05) is 200 Å². The molecule has 2 heterocycles. The summed E-state index contributed by atoms with van der Waals surface area (Å²) in [6, 6.07) is 88.8. The van der Waals surface area contributed by atoms with Crippen molar-refractivity contribution in [2.75, 3.05) is 4.90 Å². The molecule has 3 nitrogen and oxygen atoms in total. The summed E-state index contributed by atoms with van der Waals surface area (Å²) < 4.78 is 13.2. The van der Waals surface area contributed by atoms with Crippen molar-refractivity contribution in [3.05, 3.63) is 249 Å². The lowest BCUT2D eigenvalue weighted by Crippen LogP contribution is -2.09. The second kappa shape index (κ2) is 16.0. The first-order chi connectivity index (χ1) is 33.2. The van der Waals surface area contributed by atoms with Gasteiger partial charge < -0.3 is 13.7 Å². The summed E-state index contributed by atoms with van der Waals surface area (Å²) in [7, 11) is 0. The average molecular weight is 856 g/mol. The summed E-state index contributed by atoms with van der Waals surface area (Å²) in [4.78, 5) is 2.34. The molecule has 0 bridgehead atoms. The van der Waals surface area contributed by atoms with Crippen molar-refractivity contribution in [2.24, 2.45) is 0 Å². The largest absolute Gasteiger partial charge is 0.455 e. The van der Waals surface area contributed by atoms with Crippen LogP contribution in [0.2, 0.25) is 0 Å². The molecule has 0 unspecified atom stereocenters. The van der Waals surface area contributed by atoms with E-state index in [0.29, 0.717) is 0 Å². The van der Waals surface area contributed by atoms with Gasteiger partial charge in [-0.05, 0) is 98.4 Å². The number of benzene rings is 11. The highest BCUT2D eigenvalue weighted by molar-refractivity contribution is 6.26. The molecule has 67 heavy (non-hydrogen) atoms. The van der Waals surface area contributed by atoms with Crippen molar-refractivity contribution < 1.29 is 8.83 Å². The van der Waals surface area contributed by atoms with Gasteiger partial charge in [-0.25, -0.2) is 0 Å². The van der Waals surface area contributed by atoms with Crippen molar-refractivity contribution >= 4 is 71.7 Å². The van der Waals surface area contributed by atoms with Gasteiger partial charge in [-0.15, -0.1) is 0 Å². The van der Waals surface area contributed by atoms with E-state index >= 15 is 0 Å². The van der Waals surface area contributed by atoms with Gasteiger partial charge in [-0.3, -0.25) is 0 Å². The lowest BCUT2D eigenvalue weighted by atomic mass is 9.86. The molecule has 0 aliphatic carbocycles. The quantitative estimate of drug-likeness (QED) is 0.152. The Hall–Kier alpha value is -8.92. The van der Waals surface area contributed by atoms with Gasteiger partial charge in [0.05, 0.1) is 0 Å². The minimum atomic E-state index is 0.877. The number of para-hydroxylation sites is 3. The molecule has 0 spiro atoms. The van der Waals surface area contributed by atoms with Crippen LogP contribution in [0, 0.1) is 0 Å². The molecular weight excluding hydrogens is 815 g/mol. The molecule has 3 heteroatoms. The number of anilines is 3. The molecule has 0 aliphatic rings. The standard InChI is InChI=1S/C64H41NO2/c1-3-14-42(15-4-1)44-26-28-47(29-27-44)60-54-19-7-8-20-56(54)64-62(57-21-10-12-25-59(57)67-64)61(60)48-34-40-51(41-35-48)65(49-36-30-45(31-37-49)43-16-5-2-6-17-43)50-38-32-46(33-39-50)52-22-13-23-55-53-18-9-11-24-58(53)66-63(52)55/h1-41H. The van der Waals surface area contributed by atoms with E-state index in [9.17, 15) is 0 Å². The molecule has 0 N–H and O–H groups in total. The predicted molar refractivity (Wildman–Crippen MR) is 280 cm³/mol. The van der Waals surface area contributed by atoms with Crippen molar-refractivity contribution in [2.45, 2.75) is 0 Å². The Balaban J connectivity index is 0.967. The van der Waals surface area contributed by atoms with Crippen molar-refractivity contribution in [3.63, 3.8) is 0 Å². The van der Waals surface area contributed by atoms with Crippen LogP contribution in [-0.2, 0) is 0 Å². The Morgan fingerprint density at radius 3 is 1.24 bits per heavy atom. The first kappa shape index (κ1) is 38.5. The van der Waals surface area contributed by atoms with E-state index in [2.05, 4.69) is 241 Å². The van der Waals surface area contributed by atoms with Gasteiger partial charge in [0.2, 0.25) is 0 Å². The fourth-order valence-corrected chi connectivity index (χ4v) is 10.1. The molecule has 0 atom stereocenters. The third-order valence-electron chi connectivity index (χ3n) is 13.3. The van der Waals surface area contributed by atoms with Crippen LogP contribution < -0.4 is 4.90 Å². The van der Waals surface area contributed by atoms with Crippen LogP contribution >= 0.6 is 0 Å². The Bertz CT molecular complexity index is 3920. The van der Waals surface area contributed by atoms with E-state index in [0.717, 1.165) is 99.5 Å². The Labute approximate surface area is 388 Å². The molecule has 11 aromatic carbocycles. The van der Waals surface area contributed by atoms with Crippen molar-refractivity contribution in [3.8, 4) is 55.6 Å². The van der Waals surface area contributed by atoms with E-state index in [1.165, 1.54) is 27.8 Å². The first-order valence-electron chi connectivity index (χ1n) is 22.8. The molecule has 0 radical (unpaired) electrons. The first-order valence-corrected chi connectivity index (χ1v) is 22.8. The SMILES string of the molecule is c1ccc(-c2ccc(-c3c(-c4ccc(N(c5ccc(-c6ccccc6)cc5)c5ccc(-c6cccc7c6oc6ccccc67)cc5)cc4)c4c5ccccc5oc4c4ccccc34)cc2)cc1. The number of hydrogen-bond acceptors (Lipinski definition) is 3. The molecule has 0 saturated carbocycles. The molecule has 13 aromatic rings. The molecule has 0 amide bonds.